The van der Waals surface area contributed by atoms with Crippen LogP contribution in [0.5, 0.6) is 0 Å². The van der Waals surface area contributed by atoms with Gasteiger partial charge in [-0.15, -0.1) is 0 Å². The molecule has 0 spiro atoms. The van der Waals surface area contributed by atoms with Crippen molar-refractivity contribution in [2.24, 2.45) is 17.4 Å². The number of amides is 1. The highest BCUT2D eigenvalue weighted by atomic mass is 16.1. The fraction of sp³-hybridized carbons (Fsp3) is 0.600. The molecule has 0 unspecified atom stereocenters. The molecule has 0 aliphatic rings. The van der Waals surface area contributed by atoms with Crippen molar-refractivity contribution in [1.29, 1.82) is 0 Å². The van der Waals surface area contributed by atoms with E-state index in [-0.39, 0.29) is 12.0 Å². The van der Waals surface area contributed by atoms with Gasteiger partial charge in [-0.05, 0) is 5.92 Å². The smallest absolute Gasteiger partial charge is 0.240 e. The van der Waals surface area contributed by atoms with Gasteiger partial charge in [0.1, 0.15) is 6.04 Å². The van der Waals surface area contributed by atoms with E-state index in [1.54, 1.807) is 0 Å². The van der Waals surface area contributed by atoms with Gasteiger partial charge in [0.25, 0.3) is 0 Å². The Morgan fingerprint density at radius 3 is 1.75 bits per heavy atom. The number of primary amides is 1. The maximum atomic E-state index is 10.2. The van der Waals surface area contributed by atoms with Crippen LogP contribution in [0.2, 0.25) is 0 Å². The fourth-order valence-electron chi connectivity index (χ4n) is 0.285. The Bertz CT molecular complexity index is 90.4. The molecule has 3 heteroatoms. The first-order valence-electron chi connectivity index (χ1n) is 2.47. The third kappa shape index (κ3) is 1.93. The average molecular weight is 115 g/mol. The van der Waals surface area contributed by atoms with Crippen molar-refractivity contribution in [3.8, 4) is 0 Å². The van der Waals surface area contributed by atoms with Gasteiger partial charge < -0.3 is 11.5 Å². The molecule has 0 aliphatic carbocycles. The Morgan fingerprint density at radius 2 is 1.75 bits per heavy atom. The second kappa shape index (κ2) is 2.67. The molecule has 1 radical (unpaired) electrons. The highest BCUT2D eigenvalue weighted by molar-refractivity contribution is 5.87. The molecule has 0 aromatic carbocycles. The molecule has 0 bridgehead atoms. The van der Waals surface area contributed by atoms with E-state index < -0.39 is 5.91 Å². The van der Waals surface area contributed by atoms with Crippen molar-refractivity contribution in [2.45, 2.75) is 13.8 Å². The highest BCUT2D eigenvalue weighted by Crippen LogP contribution is 2.03. The summed E-state index contributed by atoms with van der Waals surface area (Å²) in [7, 11) is 0. The molecule has 0 atom stereocenters. The van der Waals surface area contributed by atoms with Crippen molar-refractivity contribution in [2.75, 3.05) is 0 Å². The first-order chi connectivity index (χ1) is 3.55. The normalized spacial score (nSPS) is 10.6. The van der Waals surface area contributed by atoms with Crippen LogP contribution in [-0.2, 0) is 4.79 Å². The number of carbonyl (C=O) groups is 1. The lowest BCUT2D eigenvalue weighted by molar-refractivity contribution is -0.117. The summed E-state index contributed by atoms with van der Waals surface area (Å²) in [6.07, 6.45) is 0. The molecule has 0 fully saturated rings. The predicted octanol–water partition coefficient (Wildman–Crippen LogP) is -0.382. The lowest BCUT2D eigenvalue weighted by Crippen LogP contribution is -2.32. The van der Waals surface area contributed by atoms with E-state index in [1.807, 2.05) is 13.8 Å². The Kier molecular flexibility index (Phi) is 2.48. The summed E-state index contributed by atoms with van der Waals surface area (Å²) in [6.45, 7) is 3.64. The second-order valence-electron chi connectivity index (χ2n) is 1.97. The van der Waals surface area contributed by atoms with Gasteiger partial charge in [0, 0.05) is 0 Å². The number of rotatable bonds is 2. The largest absolute Gasteiger partial charge is 0.368 e. The minimum atomic E-state index is -0.514. The monoisotopic (exact) mass is 115 g/mol. The number of nitrogens with two attached hydrogens (primary N) is 2. The summed E-state index contributed by atoms with van der Waals surface area (Å²) in [4.78, 5) is 10.2. The van der Waals surface area contributed by atoms with Gasteiger partial charge in [-0.25, -0.2) is 0 Å². The van der Waals surface area contributed by atoms with E-state index in [0.717, 1.165) is 0 Å². The molecule has 0 aliphatic heterocycles. The van der Waals surface area contributed by atoms with Crippen LogP contribution in [0.15, 0.2) is 0 Å². The second-order valence-corrected chi connectivity index (χ2v) is 1.97. The summed E-state index contributed by atoms with van der Waals surface area (Å²) >= 11 is 0. The Morgan fingerprint density at radius 1 is 1.38 bits per heavy atom. The molecule has 0 aromatic heterocycles. The highest BCUT2D eigenvalue weighted by Gasteiger charge is 2.13. The zero-order valence-electron chi connectivity index (χ0n) is 5.14. The molecule has 0 aromatic rings. The van der Waals surface area contributed by atoms with Crippen LogP contribution in [0.4, 0.5) is 0 Å². The molecule has 0 saturated heterocycles. The van der Waals surface area contributed by atoms with Gasteiger partial charge in [-0.2, -0.15) is 0 Å². The van der Waals surface area contributed by atoms with E-state index in [9.17, 15) is 4.79 Å². The van der Waals surface area contributed by atoms with E-state index in [2.05, 4.69) is 0 Å². The van der Waals surface area contributed by atoms with Crippen LogP contribution in [0, 0.1) is 12.0 Å². The molecule has 4 N–H and O–H groups in total. The zero-order chi connectivity index (χ0) is 6.73. The number of carbonyl (C=O) groups excluding carboxylic acids is 1. The Labute approximate surface area is 49.0 Å². The van der Waals surface area contributed by atoms with Crippen molar-refractivity contribution < 1.29 is 4.79 Å². The molecule has 0 rings (SSSR count). The Balaban J connectivity index is 3.64. The van der Waals surface area contributed by atoms with Gasteiger partial charge in [-0.1, -0.05) is 13.8 Å². The molecule has 0 saturated carbocycles. The third-order valence-corrected chi connectivity index (χ3v) is 0.907. The predicted molar refractivity (Wildman–Crippen MR) is 31.5 cm³/mol. The molecule has 0 heterocycles. The summed E-state index contributed by atoms with van der Waals surface area (Å²) in [5.41, 5.74) is 10.0. The minimum absolute atomic E-state index is 0.0625. The standard InChI is InChI=1S/C5H11N2O/c1-3(2)4(6)5(7)8/h3H,6H2,1-2H3,(H2,7,8). The quantitative estimate of drug-likeness (QED) is 0.515. The van der Waals surface area contributed by atoms with Crippen LogP contribution in [0.3, 0.4) is 0 Å². The molecule has 8 heavy (non-hydrogen) atoms. The van der Waals surface area contributed by atoms with E-state index in [0.29, 0.717) is 0 Å². The summed E-state index contributed by atoms with van der Waals surface area (Å²) in [5, 5.41) is 0. The van der Waals surface area contributed by atoms with Crippen molar-refractivity contribution in [3.05, 3.63) is 6.04 Å². The van der Waals surface area contributed by atoms with Gasteiger partial charge in [-0.3, -0.25) is 4.79 Å². The van der Waals surface area contributed by atoms with Crippen LogP contribution in [-0.4, -0.2) is 5.91 Å². The van der Waals surface area contributed by atoms with Crippen LogP contribution in [0.1, 0.15) is 13.8 Å². The van der Waals surface area contributed by atoms with Crippen molar-refractivity contribution in [3.63, 3.8) is 0 Å². The first-order valence-corrected chi connectivity index (χ1v) is 2.47. The van der Waals surface area contributed by atoms with E-state index >= 15 is 0 Å². The summed E-state index contributed by atoms with van der Waals surface area (Å²) < 4.78 is 0. The number of hydrogen-bond acceptors (Lipinski definition) is 2. The van der Waals surface area contributed by atoms with Crippen LogP contribution >= 0.6 is 0 Å². The zero-order valence-corrected chi connectivity index (χ0v) is 5.14. The molecule has 47 valence electrons. The number of hydrogen-bond donors (Lipinski definition) is 2. The van der Waals surface area contributed by atoms with Crippen molar-refractivity contribution >= 4 is 5.91 Å². The lowest BCUT2D eigenvalue weighted by Gasteiger charge is -2.07. The Hall–Kier alpha value is -0.570. The molecular formula is C5H11N2O. The van der Waals surface area contributed by atoms with E-state index in [4.69, 9.17) is 11.5 Å². The average Bonchev–Trinajstić information content (AvgIpc) is 1.64. The first kappa shape index (κ1) is 7.43. The molecule has 3 nitrogen and oxygen atoms in total. The topological polar surface area (TPSA) is 69.1 Å². The van der Waals surface area contributed by atoms with Crippen molar-refractivity contribution in [1.82, 2.24) is 0 Å². The molecule has 1 amide bonds. The van der Waals surface area contributed by atoms with Crippen LogP contribution in [0.25, 0.3) is 0 Å². The molecular weight excluding hydrogens is 104 g/mol. The van der Waals surface area contributed by atoms with Gasteiger partial charge >= 0.3 is 0 Å². The minimum Gasteiger partial charge on any atom is -0.368 e. The fourth-order valence-corrected chi connectivity index (χ4v) is 0.285. The lowest BCUT2D eigenvalue weighted by atomic mass is 10.1. The maximum absolute atomic E-state index is 10.2. The van der Waals surface area contributed by atoms with E-state index in [1.165, 1.54) is 0 Å². The summed E-state index contributed by atoms with van der Waals surface area (Å²) in [5.74, 6) is -0.451. The van der Waals surface area contributed by atoms with Gasteiger partial charge in [0.2, 0.25) is 5.91 Å². The maximum Gasteiger partial charge on any atom is 0.240 e. The summed E-state index contributed by atoms with van der Waals surface area (Å²) in [6, 6.07) is 0.241. The third-order valence-electron chi connectivity index (χ3n) is 0.907. The van der Waals surface area contributed by atoms with Gasteiger partial charge in [0.05, 0.1) is 0 Å². The van der Waals surface area contributed by atoms with Crippen LogP contribution < -0.4 is 11.5 Å². The van der Waals surface area contributed by atoms with Gasteiger partial charge in [0.15, 0.2) is 0 Å². The SMILES string of the molecule is CC(C)[C](N)C(N)=O.